The van der Waals surface area contributed by atoms with E-state index in [0.717, 1.165) is 0 Å². The van der Waals surface area contributed by atoms with Gasteiger partial charge in [-0.2, -0.15) is 27.0 Å². The first kappa shape index (κ1) is 51.5. The average molecular weight is 918 g/mol. The molecule has 0 aliphatic rings. The average Bonchev–Trinajstić information content (AvgIpc) is 3.22. The number of halogens is 4. The molecule has 0 saturated carbocycles. The predicted octanol–water partition coefficient (Wildman–Crippen LogP) is 6.81. The maximum Gasteiger partial charge on any atom is 0.256 e. The Morgan fingerprint density at radius 1 is 0.721 bits per heavy atom. The Hall–Kier alpha value is -5.60. The molecule has 6 aromatic rings. The van der Waals surface area contributed by atoms with Gasteiger partial charge in [0.05, 0.1) is 58.2 Å². The van der Waals surface area contributed by atoms with Crippen molar-refractivity contribution < 1.29 is 28.6 Å². The smallest absolute Gasteiger partial charge is 0.256 e. The number of carbonyl (C=O) groups excluding carboxylic acids is 2. The van der Waals surface area contributed by atoms with Crippen LogP contribution in [0.3, 0.4) is 0 Å². The number of hydrogen-bond donors (Lipinski definition) is 8. The fourth-order valence-electron chi connectivity index (χ4n) is 5.05. The molecule has 0 spiro atoms. The molecular formula is C41H44Cl2F2N8O6S2. The molecule has 0 saturated heterocycles. The molecule has 9 N–H and O–H groups in total. The highest BCUT2D eigenvalue weighted by Gasteiger charge is 2.17. The van der Waals surface area contributed by atoms with Crippen LogP contribution in [0, 0.1) is 11.6 Å². The minimum Gasteiger partial charge on any atom is -0.395 e. The second-order valence-corrected chi connectivity index (χ2v) is 13.7. The number of nitrogens with one attached hydrogen (secondary N) is 5. The number of aromatic amines is 2. The second kappa shape index (κ2) is 24.6. The van der Waals surface area contributed by atoms with Crippen LogP contribution >= 0.6 is 50.2 Å². The van der Waals surface area contributed by atoms with Crippen LogP contribution < -0.4 is 32.8 Å². The lowest BCUT2D eigenvalue weighted by molar-refractivity contribution is 0.0922. The molecule has 20 heteroatoms. The van der Waals surface area contributed by atoms with Gasteiger partial charge in [0.15, 0.2) is 5.78 Å². The first-order chi connectivity index (χ1) is 28.1. The molecule has 1 unspecified atom stereocenters. The van der Waals surface area contributed by atoms with E-state index in [1.54, 1.807) is 26.0 Å². The number of H-pyrrole nitrogens is 2. The summed E-state index contributed by atoms with van der Waals surface area (Å²) in [6, 6.07) is 13.6. The molecular weight excluding hydrogens is 874 g/mol. The zero-order valence-electron chi connectivity index (χ0n) is 32.8. The number of Topliss-reactive ketones (excluding diaryl/α,β-unsaturated/α-hetero) is 1. The summed E-state index contributed by atoms with van der Waals surface area (Å²) in [6.07, 6.45) is 8.72. The van der Waals surface area contributed by atoms with E-state index < -0.39 is 34.7 Å². The third-order valence-electron chi connectivity index (χ3n) is 8.01. The van der Waals surface area contributed by atoms with E-state index in [4.69, 9.17) is 39.1 Å². The second-order valence-electron chi connectivity index (χ2n) is 12.9. The first-order valence-electron chi connectivity index (χ1n) is 17.7. The standard InChI is InChI=1S/C20H18ClFN4O3.C18H13ClFN3O2.C3H9NO.2H2S/c1-11(10-27)25-20(29)16-9-23-5-4-18(16)26-13-7-15(19(28)24-8-13)14-6-12(21)2-3-17(14)22;1-10(24)15-9-21-5-4-17(15)23-12-7-14(18(25)22-8-12)13-6-11(19)2-3-16(13)20;1-3(4)2-5;;/h2-9,11,27H,10H2,1H3,(H,23,26)(H,24,28)(H,25,29);2-9H,1H3,(H,21,23)(H,22,25);3,5H,2,4H2,1H3;2*1H2/t;;3-;;/m..0../s1. The SMILES string of the molecule is CC(=O)c1cnccc1Nc1c[nH]c(=O)c(-c2cc(Cl)ccc2F)c1.CC(CO)NC(=O)c1cnccc1Nc1c[nH]c(=O)c(-c2cc(Cl)ccc2F)c1.C[C@H](N)CO.S.S. The van der Waals surface area contributed by atoms with E-state index in [1.807, 2.05) is 0 Å². The third-order valence-corrected chi connectivity index (χ3v) is 8.48. The lowest BCUT2D eigenvalue weighted by Gasteiger charge is -2.15. The molecule has 1 amide bonds. The summed E-state index contributed by atoms with van der Waals surface area (Å²) < 4.78 is 28.3. The van der Waals surface area contributed by atoms with Gasteiger partial charge in [-0.1, -0.05) is 23.2 Å². The minimum atomic E-state index is -0.584. The normalized spacial score (nSPS) is 11.1. The predicted molar refractivity (Wildman–Crippen MR) is 245 cm³/mol. The lowest BCUT2D eigenvalue weighted by atomic mass is 10.1. The van der Waals surface area contributed by atoms with Crippen molar-refractivity contribution >= 4 is 84.6 Å². The Kier molecular flexibility index (Phi) is 20.8. The zero-order valence-corrected chi connectivity index (χ0v) is 36.3. The van der Waals surface area contributed by atoms with Crippen molar-refractivity contribution in [3.8, 4) is 22.3 Å². The van der Waals surface area contributed by atoms with E-state index in [1.165, 1.54) is 92.6 Å². The fourth-order valence-corrected chi connectivity index (χ4v) is 5.39. The van der Waals surface area contributed by atoms with Gasteiger partial charge in [-0.3, -0.25) is 29.1 Å². The van der Waals surface area contributed by atoms with Gasteiger partial charge < -0.3 is 41.9 Å². The number of aliphatic hydroxyl groups excluding tert-OH is 2. The number of aliphatic hydroxyl groups is 2. The highest BCUT2D eigenvalue weighted by molar-refractivity contribution is 7.59. The molecule has 4 heterocycles. The van der Waals surface area contributed by atoms with Gasteiger partial charge in [-0.25, -0.2) is 8.78 Å². The number of rotatable bonds is 11. The molecule has 6 rings (SSSR count). The van der Waals surface area contributed by atoms with E-state index >= 15 is 0 Å². The van der Waals surface area contributed by atoms with Crippen LogP contribution in [0.4, 0.5) is 31.5 Å². The molecule has 0 bridgehead atoms. The van der Waals surface area contributed by atoms with Crippen LogP contribution in [0.2, 0.25) is 10.0 Å². The van der Waals surface area contributed by atoms with Crippen molar-refractivity contribution in [3.05, 3.63) is 151 Å². The molecule has 0 aliphatic heterocycles. The number of nitrogens with zero attached hydrogens (tertiary/aromatic N) is 2. The van der Waals surface area contributed by atoms with Gasteiger partial charge in [-0.15, -0.1) is 0 Å². The summed E-state index contributed by atoms with van der Waals surface area (Å²) in [4.78, 5) is 61.4. The number of ketones is 1. The molecule has 324 valence electrons. The first-order valence-corrected chi connectivity index (χ1v) is 18.4. The summed E-state index contributed by atoms with van der Waals surface area (Å²) in [5.41, 5.74) is 7.00. The number of hydrogen-bond acceptors (Lipinski definition) is 11. The van der Waals surface area contributed by atoms with Gasteiger partial charge in [0.2, 0.25) is 0 Å². The van der Waals surface area contributed by atoms with Gasteiger partial charge in [0.25, 0.3) is 17.0 Å². The number of amides is 1. The van der Waals surface area contributed by atoms with Crippen LogP contribution in [0.5, 0.6) is 0 Å². The van der Waals surface area contributed by atoms with E-state index in [9.17, 15) is 28.0 Å². The summed E-state index contributed by atoms with van der Waals surface area (Å²) in [6.45, 7) is 4.72. The summed E-state index contributed by atoms with van der Waals surface area (Å²) in [5, 5.41) is 26.5. The Bertz CT molecular complexity index is 2550. The zero-order chi connectivity index (χ0) is 43.2. The Labute approximate surface area is 372 Å². The van der Waals surface area contributed by atoms with Crippen LogP contribution in [0.15, 0.2) is 107 Å². The van der Waals surface area contributed by atoms with Crippen molar-refractivity contribution in [2.75, 3.05) is 23.8 Å². The fraction of sp³-hybridized carbons (Fsp3) is 0.171. The van der Waals surface area contributed by atoms with Gasteiger partial charge in [-0.05, 0) is 81.4 Å². The monoisotopic (exact) mass is 916 g/mol. The molecule has 2 atom stereocenters. The highest BCUT2D eigenvalue weighted by atomic mass is 35.5. The molecule has 0 aliphatic carbocycles. The van der Waals surface area contributed by atoms with Crippen LogP contribution in [-0.4, -0.2) is 67.1 Å². The Morgan fingerprint density at radius 2 is 1.15 bits per heavy atom. The summed E-state index contributed by atoms with van der Waals surface area (Å²) >= 11 is 11.8. The van der Waals surface area contributed by atoms with Crippen molar-refractivity contribution in [1.82, 2.24) is 25.3 Å². The maximum absolute atomic E-state index is 14.2. The molecule has 2 aromatic carbocycles. The lowest BCUT2D eigenvalue weighted by Crippen LogP contribution is -2.35. The van der Waals surface area contributed by atoms with Crippen LogP contribution in [-0.2, 0) is 0 Å². The van der Waals surface area contributed by atoms with Crippen molar-refractivity contribution in [1.29, 1.82) is 0 Å². The van der Waals surface area contributed by atoms with Gasteiger partial charge in [0.1, 0.15) is 11.6 Å². The third kappa shape index (κ3) is 14.8. The topological polar surface area (TPSA) is 228 Å². The Balaban J connectivity index is 0.000000370. The van der Waals surface area contributed by atoms with Crippen LogP contribution in [0.1, 0.15) is 41.5 Å². The molecule has 0 radical (unpaired) electrons. The number of carbonyl (C=O) groups is 2. The number of benzene rings is 2. The number of aromatic nitrogens is 4. The molecule has 14 nitrogen and oxygen atoms in total. The van der Waals surface area contributed by atoms with E-state index in [-0.39, 0.29) is 79.8 Å². The minimum absolute atomic E-state index is 0. The molecule has 61 heavy (non-hydrogen) atoms. The number of nitrogens with two attached hydrogens (primary N) is 1. The van der Waals surface area contributed by atoms with Crippen molar-refractivity contribution in [3.63, 3.8) is 0 Å². The van der Waals surface area contributed by atoms with E-state index in [2.05, 4.69) is 35.9 Å². The molecule has 4 aromatic heterocycles. The number of anilines is 4. The largest absolute Gasteiger partial charge is 0.395 e. The van der Waals surface area contributed by atoms with Crippen LogP contribution in [0.25, 0.3) is 22.3 Å². The van der Waals surface area contributed by atoms with Crippen molar-refractivity contribution in [2.24, 2.45) is 5.73 Å². The summed E-state index contributed by atoms with van der Waals surface area (Å²) in [5.74, 6) is -1.71. The van der Waals surface area contributed by atoms with Gasteiger partial charge in [0, 0.05) is 70.4 Å². The number of pyridine rings is 4. The molecule has 0 fully saturated rings. The maximum atomic E-state index is 14.2. The van der Waals surface area contributed by atoms with Crippen molar-refractivity contribution in [2.45, 2.75) is 32.9 Å². The van der Waals surface area contributed by atoms with E-state index in [0.29, 0.717) is 38.4 Å². The summed E-state index contributed by atoms with van der Waals surface area (Å²) in [7, 11) is 0. The quantitative estimate of drug-likeness (QED) is 0.0630. The highest BCUT2D eigenvalue weighted by Crippen LogP contribution is 2.29. The van der Waals surface area contributed by atoms with Gasteiger partial charge >= 0.3 is 0 Å². The Morgan fingerprint density at radius 3 is 1.56 bits per heavy atom.